The molecule has 5 rings (SSSR count). The number of hydrazone groups is 1. The van der Waals surface area contributed by atoms with Crippen LogP contribution in [0.4, 0.5) is 18.9 Å². The van der Waals surface area contributed by atoms with E-state index in [9.17, 15) is 27.6 Å². The largest absolute Gasteiger partial charge is 0.418 e. The number of ketones is 1. The number of nitrogens with one attached hydrogen (secondary N) is 1. The average Bonchev–Trinajstić information content (AvgIpc) is 3.40. The van der Waals surface area contributed by atoms with Crippen LogP contribution in [-0.4, -0.2) is 29.4 Å². The quantitative estimate of drug-likeness (QED) is 0.565. The number of imide groups is 1. The van der Waals surface area contributed by atoms with Gasteiger partial charge in [0, 0.05) is 0 Å². The maximum Gasteiger partial charge on any atom is 0.418 e. The number of fused-ring (bicyclic) bond motifs is 1. The number of amides is 2. The summed E-state index contributed by atoms with van der Waals surface area (Å²) in [5.41, 5.74) is 1.97. The van der Waals surface area contributed by atoms with E-state index in [-0.39, 0.29) is 5.71 Å². The Kier molecular flexibility index (Phi) is 5.47. The van der Waals surface area contributed by atoms with E-state index in [1.54, 1.807) is 60.7 Å². The van der Waals surface area contributed by atoms with E-state index in [1.165, 1.54) is 12.1 Å². The zero-order valence-electron chi connectivity index (χ0n) is 18.1. The molecular weight excluding hydrogens is 459 g/mol. The van der Waals surface area contributed by atoms with Crippen molar-refractivity contribution in [1.29, 1.82) is 0 Å². The summed E-state index contributed by atoms with van der Waals surface area (Å²) in [4.78, 5) is 40.7. The Morgan fingerprint density at radius 2 is 1.37 bits per heavy atom. The van der Waals surface area contributed by atoms with E-state index < -0.39 is 52.9 Å². The molecule has 0 bridgehead atoms. The molecule has 35 heavy (non-hydrogen) atoms. The molecule has 6 nitrogen and oxygen atoms in total. The Hall–Kier alpha value is -4.27. The van der Waals surface area contributed by atoms with E-state index in [4.69, 9.17) is 0 Å². The number of rotatable bonds is 5. The zero-order chi connectivity index (χ0) is 24.7. The molecule has 0 radical (unpaired) electrons. The smallest absolute Gasteiger partial charge is 0.296 e. The van der Waals surface area contributed by atoms with Gasteiger partial charge in [0.15, 0.2) is 5.78 Å². The number of benzene rings is 3. The number of halogens is 3. The minimum atomic E-state index is -4.78. The van der Waals surface area contributed by atoms with Crippen LogP contribution in [0.25, 0.3) is 0 Å². The number of nitrogens with zero attached hydrogens (tertiary/aromatic N) is 2. The van der Waals surface area contributed by atoms with E-state index >= 15 is 0 Å². The van der Waals surface area contributed by atoms with E-state index in [0.717, 1.165) is 12.1 Å². The summed E-state index contributed by atoms with van der Waals surface area (Å²) < 4.78 is 40.8. The molecule has 9 heteroatoms. The van der Waals surface area contributed by atoms with Gasteiger partial charge in [-0.3, -0.25) is 19.8 Å². The standard InChI is InChI=1S/C26H18F3N3O3/c27-26(28,29)17-13-7-8-14-18(17)32-24(34)20-21(30-31-22(20)25(32)35)23(33)19(15-9-3-1-4-10-15)16-11-5-2-6-12-16/h1-14,19-20,22,31H/t20-,22+/m0/s1. The van der Waals surface area contributed by atoms with Crippen LogP contribution < -0.4 is 10.3 Å². The molecule has 0 saturated carbocycles. The first kappa shape index (κ1) is 22.5. The molecule has 2 aliphatic rings. The fraction of sp³-hybridized carbons (Fsp3) is 0.154. The summed E-state index contributed by atoms with van der Waals surface area (Å²) in [5, 5.41) is 4.02. The Bertz CT molecular complexity index is 1300. The van der Waals surface area contributed by atoms with Gasteiger partial charge < -0.3 is 0 Å². The number of carbonyl (C=O) groups is 3. The number of anilines is 1. The van der Waals surface area contributed by atoms with Crippen LogP contribution in [0.15, 0.2) is 90.0 Å². The predicted octanol–water partition coefficient (Wildman–Crippen LogP) is 3.92. The van der Waals surface area contributed by atoms with Crippen molar-refractivity contribution < 1.29 is 27.6 Å². The predicted molar refractivity (Wildman–Crippen MR) is 122 cm³/mol. The highest BCUT2D eigenvalue weighted by molar-refractivity contribution is 6.50. The Balaban J connectivity index is 1.53. The van der Waals surface area contributed by atoms with E-state index in [0.29, 0.717) is 16.0 Å². The summed E-state index contributed by atoms with van der Waals surface area (Å²) in [6.07, 6.45) is -4.78. The lowest BCUT2D eigenvalue weighted by Crippen LogP contribution is -2.37. The molecular formula is C26H18F3N3O3. The van der Waals surface area contributed by atoms with Gasteiger partial charge >= 0.3 is 6.18 Å². The molecule has 0 unspecified atom stereocenters. The van der Waals surface area contributed by atoms with E-state index in [2.05, 4.69) is 10.5 Å². The minimum absolute atomic E-state index is 0.182. The van der Waals surface area contributed by atoms with Gasteiger partial charge in [-0.15, -0.1) is 0 Å². The second-order valence-electron chi connectivity index (χ2n) is 8.23. The van der Waals surface area contributed by atoms with Crippen LogP contribution in [0.3, 0.4) is 0 Å². The number of Topliss-reactive ketones (excluding diaryl/α,β-unsaturated/α-hetero) is 1. The van der Waals surface area contributed by atoms with Crippen LogP contribution in [-0.2, 0) is 20.6 Å². The Labute approximate surface area is 198 Å². The van der Waals surface area contributed by atoms with Crippen molar-refractivity contribution in [2.24, 2.45) is 11.0 Å². The summed E-state index contributed by atoms with van der Waals surface area (Å²) in [6, 6.07) is 20.9. The lowest BCUT2D eigenvalue weighted by molar-refractivity contribution is -0.137. The van der Waals surface area contributed by atoms with Gasteiger partial charge in [-0.2, -0.15) is 18.3 Å². The highest BCUT2D eigenvalue weighted by atomic mass is 19.4. The molecule has 2 aliphatic heterocycles. The fourth-order valence-corrected chi connectivity index (χ4v) is 4.57. The third-order valence-electron chi connectivity index (χ3n) is 6.16. The van der Waals surface area contributed by atoms with Crippen molar-refractivity contribution in [3.63, 3.8) is 0 Å². The third-order valence-corrected chi connectivity index (χ3v) is 6.16. The molecule has 0 aromatic heterocycles. The lowest BCUT2D eigenvalue weighted by Gasteiger charge is -2.21. The average molecular weight is 477 g/mol. The van der Waals surface area contributed by atoms with Crippen molar-refractivity contribution in [3.05, 3.63) is 102 Å². The first-order valence-electron chi connectivity index (χ1n) is 10.8. The van der Waals surface area contributed by atoms with Crippen LogP contribution in [0, 0.1) is 5.92 Å². The SMILES string of the molecule is O=C(C1=NN[C@H]2C(=O)N(c3ccccc3C(F)(F)F)C(=O)[C@@H]12)C(c1ccccc1)c1ccccc1. The minimum Gasteiger partial charge on any atom is -0.296 e. The van der Waals surface area contributed by atoms with Crippen LogP contribution >= 0.6 is 0 Å². The zero-order valence-corrected chi connectivity index (χ0v) is 18.1. The molecule has 2 atom stereocenters. The van der Waals surface area contributed by atoms with Gasteiger partial charge in [0.05, 0.1) is 17.2 Å². The second kappa shape index (κ2) is 8.50. The third kappa shape index (κ3) is 3.78. The number of hydrogen-bond acceptors (Lipinski definition) is 5. The van der Waals surface area contributed by atoms with Crippen LogP contribution in [0.5, 0.6) is 0 Å². The molecule has 2 amide bonds. The summed E-state index contributed by atoms with van der Waals surface area (Å²) in [5.74, 6) is -4.45. The topological polar surface area (TPSA) is 78.8 Å². The summed E-state index contributed by atoms with van der Waals surface area (Å²) in [7, 11) is 0. The highest BCUT2D eigenvalue weighted by Crippen LogP contribution is 2.40. The van der Waals surface area contributed by atoms with Crippen molar-refractivity contribution >= 4 is 29.0 Å². The van der Waals surface area contributed by atoms with Gasteiger partial charge in [-0.25, -0.2) is 4.90 Å². The highest BCUT2D eigenvalue weighted by Gasteiger charge is 2.57. The molecule has 0 aliphatic carbocycles. The molecule has 1 saturated heterocycles. The maximum atomic E-state index is 13.8. The number of carbonyl (C=O) groups excluding carboxylic acids is 3. The molecule has 1 fully saturated rings. The van der Waals surface area contributed by atoms with Crippen molar-refractivity contribution in [2.75, 3.05) is 4.90 Å². The molecule has 1 N–H and O–H groups in total. The molecule has 3 aromatic carbocycles. The monoisotopic (exact) mass is 477 g/mol. The molecule has 3 aromatic rings. The van der Waals surface area contributed by atoms with Crippen molar-refractivity contribution in [1.82, 2.24) is 5.43 Å². The van der Waals surface area contributed by atoms with Crippen LogP contribution in [0.1, 0.15) is 22.6 Å². The summed E-state index contributed by atoms with van der Waals surface area (Å²) in [6.45, 7) is 0. The van der Waals surface area contributed by atoms with Gasteiger partial charge in [-0.05, 0) is 23.3 Å². The fourth-order valence-electron chi connectivity index (χ4n) is 4.57. The van der Waals surface area contributed by atoms with Crippen LogP contribution in [0.2, 0.25) is 0 Å². The maximum absolute atomic E-state index is 13.8. The number of para-hydroxylation sites is 1. The first-order valence-corrected chi connectivity index (χ1v) is 10.8. The van der Waals surface area contributed by atoms with Gasteiger partial charge in [-0.1, -0.05) is 72.8 Å². The van der Waals surface area contributed by atoms with E-state index in [1.807, 2.05) is 0 Å². The van der Waals surface area contributed by atoms with Crippen molar-refractivity contribution in [2.45, 2.75) is 18.1 Å². The Morgan fingerprint density at radius 1 is 0.829 bits per heavy atom. The van der Waals surface area contributed by atoms with Gasteiger partial charge in [0.25, 0.3) is 5.91 Å². The number of hydrogen-bond donors (Lipinski definition) is 1. The Morgan fingerprint density at radius 3 is 1.94 bits per heavy atom. The second-order valence-corrected chi connectivity index (χ2v) is 8.23. The van der Waals surface area contributed by atoms with Gasteiger partial charge in [0.1, 0.15) is 17.7 Å². The molecule has 2 heterocycles. The molecule has 176 valence electrons. The number of alkyl halides is 3. The normalized spacial score (nSPS) is 19.5. The lowest BCUT2D eigenvalue weighted by atomic mass is 9.82. The first-order chi connectivity index (χ1) is 16.8. The molecule has 0 spiro atoms. The van der Waals surface area contributed by atoms with Crippen molar-refractivity contribution in [3.8, 4) is 0 Å². The summed E-state index contributed by atoms with van der Waals surface area (Å²) >= 11 is 0. The van der Waals surface area contributed by atoms with Gasteiger partial charge in [0.2, 0.25) is 5.91 Å².